The number of rotatable bonds is 2. The van der Waals surface area contributed by atoms with Crippen molar-refractivity contribution in [3.05, 3.63) is 48.0 Å². The second-order valence-electron chi connectivity index (χ2n) is 6.11. The van der Waals surface area contributed by atoms with E-state index in [1.165, 1.54) is 0 Å². The van der Waals surface area contributed by atoms with E-state index in [4.69, 9.17) is 0 Å². The molecule has 6 nitrogen and oxygen atoms in total. The zero-order valence-corrected chi connectivity index (χ0v) is 13.9. The summed E-state index contributed by atoms with van der Waals surface area (Å²) >= 11 is 1.66. The molecule has 4 aromatic rings. The van der Waals surface area contributed by atoms with Gasteiger partial charge in [0, 0.05) is 25.2 Å². The number of fused-ring (bicyclic) bond motifs is 2. The lowest BCUT2D eigenvalue weighted by atomic mass is 9.97. The van der Waals surface area contributed by atoms with E-state index in [1.54, 1.807) is 17.7 Å². The van der Waals surface area contributed by atoms with Crippen molar-refractivity contribution in [3.8, 4) is 0 Å². The number of nitrogens with zero attached hydrogens (tertiary/aromatic N) is 6. The smallest absolute Gasteiger partial charge is 0.160 e. The minimum atomic E-state index is 0.361. The van der Waals surface area contributed by atoms with Gasteiger partial charge >= 0.3 is 0 Å². The van der Waals surface area contributed by atoms with Crippen molar-refractivity contribution in [3.63, 3.8) is 0 Å². The maximum atomic E-state index is 4.56. The Bertz CT molecular complexity index is 1010. The average molecular weight is 336 g/mol. The molecule has 5 rings (SSSR count). The fraction of sp³-hybridized carbons (Fsp3) is 0.294. The van der Waals surface area contributed by atoms with Gasteiger partial charge in [-0.25, -0.2) is 9.97 Å². The van der Waals surface area contributed by atoms with Crippen molar-refractivity contribution in [2.45, 2.75) is 18.8 Å². The third kappa shape index (κ3) is 2.16. The number of piperidine rings is 1. The molecule has 0 saturated carbocycles. The summed E-state index contributed by atoms with van der Waals surface area (Å²) in [5, 5.41) is 12.0. The monoisotopic (exact) mass is 336 g/mol. The molecule has 1 fully saturated rings. The van der Waals surface area contributed by atoms with Gasteiger partial charge in [-0.15, -0.1) is 21.5 Å². The maximum Gasteiger partial charge on any atom is 0.160 e. The van der Waals surface area contributed by atoms with Crippen molar-refractivity contribution < 1.29 is 0 Å². The van der Waals surface area contributed by atoms with E-state index >= 15 is 0 Å². The van der Waals surface area contributed by atoms with Crippen molar-refractivity contribution in [2.75, 3.05) is 18.0 Å². The number of hydrogen-bond donors (Lipinski definition) is 0. The van der Waals surface area contributed by atoms with E-state index < -0.39 is 0 Å². The van der Waals surface area contributed by atoms with Crippen molar-refractivity contribution in [2.24, 2.45) is 0 Å². The van der Waals surface area contributed by atoms with Crippen LogP contribution in [0.15, 0.2) is 42.2 Å². The summed E-state index contributed by atoms with van der Waals surface area (Å²) in [6.07, 6.45) is 5.97. The summed E-state index contributed by atoms with van der Waals surface area (Å²) in [7, 11) is 0. The lowest BCUT2D eigenvalue weighted by Gasteiger charge is -2.33. The van der Waals surface area contributed by atoms with Crippen LogP contribution in [0.5, 0.6) is 0 Å². The van der Waals surface area contributed by atoms with E-state index in [0.29, 0.717) is 5.92 Å². The Morgan fingerprint density at radius 2 is 2.12 bits per heavy atom. The molecule has 0 unspecified atom stereocenters. The van der Waals surface area contributed by atoms with E-state index in [9.17, 15) is 0 Å². The SMILES string of the molecule is c1ccn2c([C@@H]3CCCN(c4ncnc5sccc45)C3)nnc2c1. The molecule has 1 atom stereocenters. The zero-order valence-electron chi connectivity index (χ0n) is 13.0. The van der Waals surface area contributed by atoms with Gasteiger partial charge < -0.3 is 4.90 Å². The summed E-state index contributed by atoms with van der Waals surface area (Å²) in [6.45, 7) is 1.94. The molecule has 0 aromatic carbocycles. The largest absolute Gasteiger partial charge is 0.355 e. The molecule has 4 aromatic heterocycles. The quantitative estimate of drug-likeness (QED) is 0.563. The van der Waals surface area contributed by atoms with Crippen LogP contribution >= 0.6 is 11.3 Å². The number of thiophene rings is 1. The Balaban J connectivity index is 1.51. The topological polar surface area (TPSA) is 59.2 Å². The molecular formula is C17H16N6S. The minimum absolute atomic E-state index is 0.361. The third-order valence-electron chi connectivity index (χ3n) is 4.67. The molecule has 120 valence electrons. The van der Waals surface area contributed by atoms with Crippen molar-refractivity contribution in [1.29, 1.82) is 0 Å². The highest BCUT2D eigenvalue weighted by Gasteiger charge is 2.27. The number of aromatic nitrogens is 5. The summed E-state index contributed by atoms with van der Waals surface area (Å²) in [5.41, 5.74) is 0.909. The van der Waals surface area contributed by atoms with Gasteiger partial charge in [0.15, 0.2) is 5.65 Å². The lowest BCUT2D eigenvalue weighted by molar-refractivity contribution is 0.486. The Kier molecular flexibility index (Phi) is 3.19. The molecule has 0 aliphatic carbocycles. The van der Waals surface area contributed by atoms with Crippen LogP contribution in [0.1, 0.15) is 24.6 Å². The molecule has 0 radical (unpaired) electrons. The van der Waals surface area contributed by atoms with Crippen LogP contribution < -0.4 is 4.90 Å². The molecule has 0 bridgehead atoms. The van der Waals surface area contributed by atoms with Crippen LogP contribution in [0.25, 0.3) is 15.9 Å². The second-order valence-corrected chi connectivity index (χ2v) is 7.00. The first-order valence-corrected chi connectivity index (χ1v) is 9.01. The molecule has 7 heteroatoms. The number of anilines is 1. The molecule has 0 spiro atoms. The van der Waals surface area contributed by atoms with Crippen molar-refractivity contribution >= 4 is 33.0 Å². The normalized spacial score (nSPS) is 18.5. The van der Waals surface area contributed by atoms with Gasteiger partial charge in [0.05, 0.1) is 5.39 Å². The van der Waals surface area contributed by atoms with Gasteiger partial charge in [0.1, 0.15) is 22.8 Å². The Hall–Kier alpha value is -2.54. The number of pyridine rings is 1. The molecule has 24 heavy (non-hydrogen) atoms. The van der Waals surface area contributed by atoms with Gasteiger partial charge in [-0.1, -0.05) is 6.07 Å². The van der Waals surface area contributed by atoms with Gasteiger partial charge in [-0.2, -0.15) is 0 Å². The van der Waals surface area contributed by atoms with Crippen LogP contribution in [-0.2, 0) is 0 Å². The van der Waals surface area contributed by atoms with Gasteiger partial charge in [-0.05, 0) is 36.4 Å². The highest BCUT2D eigenvalue weighted by molar-refractivity contribution is 7.16. The predicted octanol–water partition coefficient (Wildman–Crippen LogP) is 3.12. The predicted molar refractivity (Wildman–Crippen MR) is 94.6 cm³/mol. The molecular weight excluding hydrogens is 320 g/mol. The Morgan fingerprint density at radius 1 is 1.12 bits per heavy atom. The van der Waals surface area contributed by atoms with Gasteiger partial charge in [-0.3, -0.25) is 4.40 Å². The summed E-state index contributed by atoms with van der Waals surface area (Å²) < 4.78 is 2.11. The molecule has 1 aliphatic heterocycles. The van der Waals surface area contributed by atoms with Crippen LogP contribution in [-0.4, -0.2) is 37.7 Å². The van der Waals surface area contributed by atoms with Gasteiger partial charge in [0.25, 0.3) is 0 Å². The fourth-order valence-corrected chi connectivity index (χ4v) is 4.27. The summed E-state index contributed by atoms with van der Waals surface area (Å²) in [4.78, 5) is 12.3. The highest BCUT2D eigenvalue weighted by atomic mass is 32.1. The molecule has 0 amide bonds. The van der Waals surface area contributed by atoms with Crippen LogP contribution in [0, 0.1) is 0 Å². The average Bonchev–Trinajstić information content (AvgIpc) is 3.28. The first kappa shape index (κ1) is 13.9. The molecule has 5 heterocycles. The van der Waals surface area contributed by atoms with Crippen molar-refractivity contribution in [1.82, 2.24) is 24.6 Å². The number of hydrogen-bond acceptors (Lipinski definition) is 6. The van der Waals surface area contributed by atoms with Crippen LogP contribution in [0.2, 0.25) is 0 Å². The summed E-state index contributed by atoms with van der Waals surface area (Å²) in [6, 6.07) is 8.14. The first-order valence-electron chi connectivity index (χ1n) is 8.13. The minimum Gasteiger partial charge on any atom is -0.355 e. The summed E-state index contributed by atoms with van der Waals surface area (Å²) in [5.74, 6) is 2.45. The maximum absolute atomic E-state index is 4.56. The van der Waals surface area contributed by atoms with E-state index in [-0.39, 0.29) is 0 Å². The molecule has 1 aliphatic rings. The fourth-order valence-electron chi connectivity index (χ4n) is 3.55. The Morgan fingerprint density at radius 3 is 3.12 bits per heavy atom. The Labute approximate surface area is 142 Å². The van der Waals surface area contributed by atoms with Crippen LogP contribution in [0.4, 0.5) is 5.82 Å². The van der Waals surface area contributed by atoms with Crippen LogP contribution in [0.3, 0.4) is 0 Å². The van der Waals surface area contributed by atoms with E-state index in [1.807, 2.05) is 24.4 Å². The highest BCUT2D eigenvalue weighted by Crippen LogP contribution is 2.32. The van der Waals surface area contributed by atoms with E-state index in [2.05, 4.69) is 40.9 Å². The first-order chi connectivity index (χ1) is 11.9. The third-order valence-corrected chi connectivity index (χ3v) is 5.49. The lowest BCUT2D eigenvalue weighted by Crippen LogP contribution is -2.35. The molecule has 0 N–H and O–H groups in total. The zero-order chi connectivity index (χ0) is 15.9. The molecule has 1 saturated heterocycles. The standard InChI is InChI=1S/C17H16N6S/c1-2-8-23-14(5-1)20-21-15(23)12-4-3-7-22(10-12)16-13-6-9-24-17(13)19-11-18-16/h1-2,5-6,8-9,11-12H,3-4,7,10H2/t12-/m1/s1. The van der Waals surface area contributed by atoms with E-state index in [0.717, 1.165) is 53.4 Å². The van der Waals surface area contributed by atoms with Gasteiger partial charge in [0.2, 0.25) is 0 Å². The second kappa shape index (κ2) is 5.52.